The van der Waals surface area contributed by atoms with E-state index in [0.29, 0.717) is 12.0 Å². The smallest absolute Gasteiger partial charge is 0.134 e. The average molecular weight is 250 g/mol. The highest BCUT2D eigenvalue weighted by Crippen LogP contribution is 2.29. The van der Waals surface area contributed by atoms with Gasteiger partial charge < -0.3 is 15.7 Å². The molecule has 0 amide bonds. The fourth-order valence-corrected chi connectivity index (χ4v) is 2.63. The van der Waals surface area contributed by atoms with E-state index in [4.69, 9.17) is 0 Å². The van der Waals surface area contributed by atoms with Crippen molar-refractivity contribution in [2.45, 2.75) is 39.2 Å². The van der Waals surface area contributed by atoms with Gasteiger partial charge in [-0.1, -0.05) is 6.42 Å². The van der Waals surface area contributed by atoms with Crippen LogP contribution in [0.3, 0.4) is 0 Å². The van der Waals surface area contributed by atoms with Gasteiger partial charge in [-0.2, -0.15) is 0 Å². The predicted molar refractivity (Wildman–Crippen MR) is 72.9 cm³/mol. The first-order valence-electron chi connectivity index (χ1n) is 6.56. The zero-order valence-corrected chi connectivity index (χ0v) is 11.3. The van der Waals surface area contributed by atoms with Crippen LogP contribution in [0.1, 0.15) is 30.7 Å². The molecule has 1 saturated carbocycles. The lowest BCUT2D eigenvalue weighted by Gasteiger charge is -2.21. The van der Waals surface area contributed by atoms with Gasteiger partial charge in [0.15, 0.2) is 0 Å². The molecule has 0 radical (unpaired) electrons. The average Bonchev–Trinajstić information content (AvgIpc) is 2.80. The third kappa shape index (κ3) is 2.56. The second-order valence-corrected chi connectivity index (χ2v) is 4.97. The zero-order valence-electron chi connectivity index (χ0n) is 11.3. The summed E-state index contributed by atoms with van der Waals surface area (Å²) in [4.78, 5) is 8.82. The van der Waals surface area contributed by atoms with Crippen LogP contribution < -0.4 is 10.6 Å². The van der Waals surface area contributed by atoms with E-state index in [0.717, 1.165) is 35.9 Å². The van der Waals surface area contributed by atoms with E-state index in [1.54, 1.807) is 0 Å². The highest BCUT2D eigenvalue weighted by molar-refractivity contribution is 5.57. The molecule has 1 aromatic rings. The molecule has 0 aliphatic heterocycles. The lowest BCUT2D eigenvalue weighted by Crippen LogP contribution is -2.27. The van der Waals surface area contributed by atoms with Crippen LogP contribution in [0.2, 0.25) is 0 Å². The SMILES string of the molecule is CNc1nc(C)nc(NC2CCCC2CO)c1C. The van der Waals surface area contributed by atoms with Gasteiger partial charge in [0.1, 0.15) is 17.5 Å². The van der Waals surface area contributed by atoms with Crippen molar-refractivity contribution in [3.8, 4) is 0 Å². The molecule has 0 saturated heterocycles. The molecule has 18 heavy (non-hydrogen) atoms. The summed E-state index contributed by atoms with van der Waals surface area (Å²) in [5.41, 5.74) is 1.03. The Bertz CT molecular complexity index is 422. The van der Waals surface area contributed by atoms with Gasteiger partial charge in [-0.15, -0.1) is 0 Å². The topological polar surface area (TPSA) is 70.1 Å². The normalized spacial score (nSPS) is 23.1. The van der Waals surface area contributed by atoms with Crippen molar-refractivity contribution in [3.05, 3.63) is 11.4 Å². The first kappa shape index (κ1) is 13.1. The second-order valence-electron chi connectivity index (χ2n) is 4.97. The number of hydrogen-bond donors (Lipinski definition) is 3. The lowest BCUT2D eigenvalue weighted by atomic mass is 10.0. The summed E-state index contributed by atoms with van der Waals surface area (Å²) < 4.78 is 0. The monoisotopic (exact) mass is 250 g/mol. The van der Waals surface area contributed by atoms with Crippen molar-refractivity contribution in [3.63, 3.8) is 0 Å². The van der Waals surface area contributed by atoms with Crippen molar-refractivity contribution >= 4 is 11.6 Å². The molecule has 2 unspecified atom stereocenters. The molecule has 100 valence electrons. The van der Waals surface area contributed by atoms with Crippen LogP contribution in [0, 0.1) is 19.8 Å². The predicted octanol–water partition coefficient (Wildman–Crippen LogP) is 1.71. The van der Waals surface area contributed by atoms with Crippen LogP contribution in [-0.4, -0.2) is 34.8 Å². The van der Waals surface area contributed by atoms with Crippen molar-refractivity contribution in [1.82, 2.24) is 9.97 Å². The molecular weight excluding hydrogens is 228 g/mol. The third-order valence-electron chi connectivity index (χ3n) is 3.71. The van der Waals surface area contributed by atoms with Crippen molar-refractivity contribution in [2.75, 3.05) is 24.3 Å². The van der Waals surface area contributed by atoms with E-state index in [1.807, 2.05) is 20.9 Å². The first-order chi connectivity index (χ1) is 8.65. The Kier molecular flexibility index (Phi) is 4.01. The number of aliphatic hydroxyl groups excluding tert-OH is 1. The Morgan fingerprint density at radius 2 is 1.94 bits per heavy atom. The molecule has 5 heteroatoms. The summed E-state index contributed by atoms with van der Waals surface area (Å²) in [6.45, 7) is 4.15. The van der Waals surface area contributed by atoms with E-state index in [2.05, 4.69) is 20.6 Å². The largest absolute Gasteiger partial charge is 0.396 e. The van der Waals surface area contributed by atoms with E-state index in [-0.39, 0.29) is 6.61 Å². The Labute approximate surface area is 108 Å². The van der Waals surface area contributed by atoms with Gasteiger partial charge in [-0.05, 0) is 26.7 Å². The highest BCUT2D eigenvalue weighted by Gasteiger charge is 2.27. The van der Waals surface area contributed by atoms with Gasteiger partial charge in [-0.3, -0.25) is 0 Å². The Morgan fingerprint density at radius 1 is 1.22 bits per heavy atom. The standard InChI is InChI=1S/C13H22N4O/c1-8-12(14-3)15-9(2)16-13(8)17-11-6-4-5-10(11)7-18/h10-11,18H,4-7H2,1-3H3,(H2,14,15,16,17). The molecule has 5 nitrogen and oxygen atoms in total. The number of rotatable bonds is 4. The summed E-state index contributed by atoms with van der Waals surface area (Å²) in [6.07, 6.45) is 3.36. The van der Waals surface area contributed by atoms with E-state index in [1.165, 1.54) is 6.42 Å². The summed E-state index contributed by atoms with van der Waals surface area (Å²) in [5, 5.41) is 15.9. The summed E-state index contributed by atoms with van der Waals surface area (Å²) in [5.74, 6) is 2.85. The van der Waals surface area contributed by atoms with Crippen molar-refractivity contribution in [2.24, 2.45) is 5.92 Å². The molecule has 0 spiro atoms. The molecule has 1 fully saturated rings. The van der Waals surface area contributed by atoms with Crippen LogP contribution in [0.4, 0.5) is 11.6 Å². The number of nitrogens with one attached hydrogen (secondary N) is 2. The second kappa shape index (κ2) is 5.52. The van der Waals surface area contributed by atoms with Crippen LogP contribution >= 0.6 is 0 Å². The van der Waals surface area contributed by atoms with Gasteiger partial charge in [-0.25, -0.2) is 9.97 Å². The van der Waals surface area contributed by atoms with Gasteiger partial charge >= 0.3 is 0 Å². The van der Waals surface area contributed by atoms with Crippen molar-refractivity contribution in [1.29, 1.82) is 0 Å². The minimum atomic E-state index is 0.250. The fraction of sp³-hybridized carbons (Fsp3) is 0.692. The van der Waals surface area contributed by atoms with Crippen LogP contribution in [-0.2, 0) is 0 Å². The summed E-state index contributed by atoms with van der Waals surface area (Å²) in [6, 6.07) is 0.327. The highest BCUT2D eigenvalue weighted by atomic mass is 16.3. The number of nitrogens with zero attached hydrogens (tertiary/aromatic N) is 2. The number of aliphatic hydroxyl groups is 1. The molecule has 2 rings (SSSR count). The molecule has 2 atom stereocenters. The third-order valence-corrected chi connectivity index (χ3v) is 3.71. The molecule has 0 bridgehead atoms. The maximum absolute atomic E-state index is 9.35. The lowest BCUT2D eigenvalue weighted by molar-refractivity contribution is 0.222. The number of aromatic nitrogens is 2. The molecule has 1 aliphatic rings. The fourth-order valence-electron chi connectivity index (χ4n) is 2.63. The number of anilines is 2. The molecule has 0 aromatic carbocycles. The number of aryl methyl sites for hydroxylation is 1. The summed E-state index contributed by atoms with van der Waals surface area (Å²) in [7, 11) is 1.87. The van der Waals surface area contributed by atoms with Crippen LogP contribution in [0.15, 0.2) is 0 Å². The van der Waals surface area contributed by atoms with Gasteiger partial charge in [0.05, 0.1) is 0 Å². The Morgan fingerprint density at radius 3 is 2.61 bits per heavy atom. The molecule has 3 N–H and O–H groups in total. The van der Waals surface area contributed by atoms with Crippen LogP contribution in [0.5, 0.6) is 0 Å². The maximum atomic E-state index is 9.35. The van der Waals surface area contributed by atoms with E-state index >= 15 is 0 Å². The van der Waals surface area contributed by atoms with Crippen LogP contribution in [0.25, 0.3) is 0 Å². The molecule has 1 heterocycles. The maximum Gasteiger partial charge on any atom is 0.134 e. The van der Waals surface area contributed by atoms with E-state index in [9.17, 15) is 5.11 Å². The minimum Gasteiger partial charge on any atom is -0.396 e. The molecular formula is C13H22N4O. The molecule has 1 aliphatic carbocycles. The van der Waals surface area contributed by atoms with Gasteiger partial charge in [0.25, 0.3) is 0 Å². The number of hydrogen-bond acceptors (Lipinski definition) is 5. The first-order valence-corrected chi connectivity index (χ1v) is 6.56. The van der Waals surface area contributed by atoms with E-state index < -0.39 is 0 Å². The zero-order chi connectivity index (χ0) is 13.1. The quantitative estimate of drug-likeness (QED) is 0.759. The van der Waals surface area contributed by atoms with Crippen molar-refractivity contribution < 1.29 is 5.11 Å². The molecule has 1 aromatic heterocycles. The van der Waals surface area contributed by atoms with Gasteiger partial charge in [0, 0.05) is 31.2 Å². The minimum absolute atomic E-state index is 0.250. The Hall–Kier alpha value is -1.36. The Balaban J connectivity index is 2.20. The van der Waals surface area contributed by atoms with Gasteiger partial charge in [0.2, 0.25) is 0 Å². The summed E-state index contributed by atoms with van der Waals surface area (Å²) >= 11 is 0.